The number of esters is 3. The second kappa shape index (κ2) is 40.0. The third-order valence-corrected chi connectivity index (χ3v) is 11.4. The lowest BCUT2D eigenvalue weighted by Crippen LogP contribution is -2.24. The van der Waals surface area contributed by atoms with E-state index in [1.165, 1.54) is 7.11 Å². The Balaban J connectivity index is 0.000000553. The molecule has 0 heterocycles. The van der Waals surface area contributed by atoms with E-state index in [9.17, 15) is 24.0 Å². The normalized spacial score (nSPS) is 16.8. The summed E-state index contributed by atoms with van der Waals surface area (Å²) in [4.78, 5) is 56.4. The second-order valence-electron chi connectivity index (χ2n) is 16.8. The van der Waals surface area contributed by atoms with Crippen molar-refractivity contribution in [1.29, 1.82) is 0 Å². The highest BCUT2D eigenvalue weighted by Crippen LogP contribution is 2.31. The lowest BCUT2D eigenvalue weighted by molar-refractivity contribution is -0.145. The molecule has 0 amide bonds. The van der Waals surface area contributed by atoms with E-state index < -0.39 is 0 Å². The first-order valence-electron chi connectivity index (χ1n) is 24.3. The number of ether oxygens (including phenoxy) is 8. The van der Waals surface area contributed by atoms with E-state index in [4.69, 9.17) is 37.9 Å². The predicted molar refractivity (Wildman–Crippen MR) is 279 cm³/mol. The molecule has 0 aromatic heterocycles. The van der Waals surface area contributed by atoms with Gasteiger partial charge in [0.1, 0.15) is 40.8 Å². The van der Waals surface area contributed by atoms with E-state index >= 15 is 0 Å². The minimum atomic E-state index is -0.382. The van der Waals surface area contributed by atoms with E-state index in [1.54, 1.807) is 43.5 Å². The molecule has 13 nitrogen and oxygen atoms in total. The van der Waals surface area contributed by atoms with Gasteiger partial charge in [-0.1, -0.05) is 52.0 Å². The maximum absolute atomic E-state index is 12.3. The molecule has 0 radical (unpaired) electrons. The first kappa shape index (κ1) is 62.2. The van der Waals surface area contributed by atoms with Crippen molar-refractivity contribution in [2.24, 2.45) is 23.7 Å². The third-order valence-electron chi connectivity index (χ3n) is 11.4. The van der Waals surface area contributed by atoms with Crippen LogP contribution < -0.4 is 18.9 Å². The van der Waals surface area contributed by atoms with Gasteiger partial charge in [-0.25, -0.2) is 4.79 Å². The number of unbranched alkanes of at least 4 members (excludes halogenated alkanes) is 6. The Morgan fingerprint density at radius 3 is 1.77 bits per heavy atom. The van der Waals surface area contributed by atoms with Crippen LogP contribution in [0.3, 0.4) is 0 Å². The van der Waals surface area contributed by atoms with Gasteiger partial charge < -0.3 is 42.7 Å². The highest BCUT2D eigenvalue weighted by molar-refractivity contribution is 7.15. The Morgan fingerprint density at radius 1 is 0.643 bits per heavy atom. The summed E-state index contributed by atoms with van der Waals surface area (Å²) in [5.41, 5.74) is 0.497. The van der Waals surface area contributed by atoms with Crippen LogP contribution in [0.5, 0.6) is 23.0 Å². The van der Waals surface area contributed by atoms with E-state index in [2.05, 4.69) is 48.4 Å². The molecule has 0 saturated heterocycles. The molecular formula is C56H79O13P. The van der Waals surface area contributed by atoms with Crippen LogP contribution >= 0.6 is 8.86 Å². The topological polar surface area (TPSA) is 159 Å². The average Bonchev–Trinajstić information content (AvgIpc) is 3.39. The van der Waals surface area contributed by atoms with Gasteiger partial charge in [0.15, 0.2) is 6.29 Å². The number of hydrogen-bond donors (Lipinski definition) is 0. The molecule has 2 aromatic carbocycles. The Kier molecular flexibility index (Phi) is 35.6. The summed E-state index contributed by atoms with van der Waals surface area (Å²) in [5.74, 6) is 3.52. The second-order valence-corrected chi connectivity index (χ2v) is 16.8. The molecule has 2 aliphatic rings. The number of rotatable bonds is 29. The van der Waals surface area contributed by atoms with Crippen LogP contribution in [0.15, 0.2) is 105 Å². The van der Waals surface area contributed by atoms with Crippen molar-refractivity contribution in [1.82, 2.24) is 0 Å². The molecule has 0 bridgehead atoms. The molecule has 14 heteroatoms. The highest BCUT2D eigenvalue weighted by atomic mass is 31.0. The molecule has 0 atom stereocenters. The van der Waals surface area contributed by atoms with Crippen LogP contribution in [0.4, 0.5) is 0 Å². The largest absolute Gasteiger partial charge is 0.497 e. The average molecular weight is 991 g/mol. The Labute approximate surface area is 419 Å². The van der Waals surface area contributed by atoms with Crippen molar-refractivity contribution in [3.8, 4) is 23.0 Å². The lowest BCUT2D eigenvalue weighted by atomic mass is 9.83. The molecule has 2 aliphatic carbocycles. The van der Waals surface area contributed by atoms with Crippen molar-refractivity contribution in [2.75, 3.05) is 47.3 Å². The molecule has 70 heavy (non-hydrogen) atoms. The number of hydrogen-bond acceptors (Lipinski definition) is 13. The SMILES string of the molecule is C=CC(=C)OCCCCCCOc1ccc(OC(=O)C2CCC(C)CC2)cc1.C=CC(=O)OCCCCCCOC/C=C\C(=C)OC(=O)C1CCC(C=O)CC1.C=P.COc1ccc(OC)c(C=O)c1. The molecule has 386 valence electrons. The van der Waals surface area contributed by atoms with Crippen LogP contribution in [0.2, 0.25) is 0 Å². The zero-order chi connectivity index (χ0) is 51.8. The van der Waals surface area contributed by atoms with Crippen molar-refractivity contribution in [2.45, 2.75) is 110 Å². The van der Waals surface area contributed by atoms with E-state index in [0.717, 1.165) is 120 Å². The predicted octanol–water partition coefficient (Wildman–Crippen LogP) is 12.1. The summed E-state index contributed by atoms with van der Waals surface area (Å²) in [7, 11) is 5.80. The van der Waals surface area contributed by atoms with Gasteiger partial charge in [-0.2, -0.15) is 0 Å². The molecule has 0 aliphatic heterocycles. The Bertz CT molecular complexity index is 1880. The molecule has 2 aromatic rings. The fourth-order valence-electron chi connectivity index (χ4n) is 7.20. The van der Waals surface area contributed by atoms with Gasteiger partial charge in [0.05, 0.1) is 58.0 Å². The van der Waals surface area contributed by atoms with Gasteiger partial charge in [0.2, 0.25) is 0 Å². The van der Waals surface area contributed by atoms with Crippen LogP contribution in [-0.4, -0.2) is 84.0 Å². The molecule has 0 unspecified atom stereocenters. The summed E-state index contributed by atoms with van der Waals surface area (Å²) in [5, 5.41) is 0. The molecule has 0 N–H and O–H groups in total. The van der Waals surface area contributed by atoms with Gasteiger partial charge in [0.25, 0.3) is 0 Å². The van der Waals surface area contributed by atoms with Gasteiger partial charge in [0, 0.05) is 18.6 Å². The maximum atomic E-state index is 12.3. The van der Waals surface area contributed by atoms with E-state index in [1.807, 2.05) is 24.3 Å². The monoisotopic (exact) mass is 991 g/mol. The fraction of sp³-hybridized carbons (Fsp3) is 0.500. The zero-order valence-electron chi connectivity index (χ0n) is 42.0. The van der Waals surface area contributed by atoms with Gasteiger partial charge in [-0.3, -0.25) is 14.4 Å². The molecule has 2 saturated carbocycles. The molecule has 4 rings (SSSR count). The standard InChI is InChI=1S/C24H34O4.C22H32O6.C9H10O3.CH3P/c1-4-20(3)26-17-7-5-6-8-18-27-22-13-15-23(16-14-22)28-24(25)21-11-9-19(2)10-12-21;1-3-21(24)27-16-7-5-4-6-14-26-15-8-9-18(2)28-22(25)20-12-10-19(17-23)11-13-20;1-11-8-3-4-9(12-2)7(5-8)6-10;1-2/h4,13-16,19,21H,1,3,5-12,17-18H2,2H3;3,8-9,17,19-20H,1-2,4-7,10-16H2;3-6H,1-2H3;2H,1H2/b;9-8-;;. The number of aldehydes is 2. The number of allylic oxidation sites excluding steroid dienone is 2. The van der Waals surface area contributed by atoms with Gasteiger partial charge >= 0.3 is 17.9 Å². The van der Waals surface area contributed by atoms with E-state index in [0.29, 0.717) is 80.2 Å². The van der Waals surface area contributed by atoms with Crippen molar-refractivity contribution >= 4 is 45.6 Å². The van der Waals surface area contributed by atoms with Crippen LogP contribution in [0.1, 0.15) is 120 Å². The lowest BCUT2D eigenvalue weighted by Gasteiger charge is -2.24. The summed E-state index contributed by atoms with van der Waals surface area (Å²) in [6.45, 7) is 19.5. The Hall–Kier alpha value is -5.78. The van der Waals surface area contributed by atoms with Gasteiger partial charge in [-0.15, -0.1) is 8.86 Å². The number of carbonyl (C=O) groups is 5. The summed E-state index contributed by atoms with van der Waals surface area (Å²) in [6.07, 6.45) is 25.9. The van der Waals surface area contributed by atoms with Crippen LogP contribution in [0.25, 0.3) is 0 Å². The van der Waals surface area contributed by atoms with Crippen LogP contribution in [0, 0.1) is 23.7 Å². The quantitative estimate of drug-likeness (QED) is 0.0111. The smallest absolute Gasteiger partial charge is 0.330 e. The Morgan fingerprint density at radius 2 is 1.20 bits per heavy atom. The van der Waals surface area contributed by atoms with Gasteiger partial charge in [-0.05, 0) is 157 Å². The van der Waals surface area contributed by atoms with Crippen molar-refractivity contribution < 1.29 is 61.9 Å². The summed E-state index contributed by atoms with van der Waals surface area (Å²) >= 11 is 0. The number of carbonyl (C=O) groups excluding carboxylic acids is 5. The molecule has 0 spiro atoms. The first-order chi connectivity index (χ1) is 34.0. The minimum absolute atomic E-state index is 0.0485. The number of methoxy groups -OCH3 is 2. The number of benzene rings is 2. The first-order valence-corrected chi connectivity index (χ1v) is 25.0. The van der Waals surface area contributed by atoms with E-state index in [-0.39, 0.29) is 35.7 Å². The van der Waals surface area contributed by atoms with Crippen LogP contribution in [-0.2, 0) is 38.1 Å². The zero-order valence-corrected chi connectivity index (χ0v) is 43.0. The third kappa shape index (κ3) is 28.6. The van der Waals surface area contributed by atoms with Crippen molar-refractivity contribution in [3.05, 3.63) is 110 Å². The minimum Gasteiger partial charge on any atom is -0.497 e. The molecule has 2 fully saturated rings. The maximum Gasteiger partial charge on any atom is 0.330 e. The van der Waals surface area contributed by atoms with Crippen molar-refractivity contribution in [3.63, 3.8) is 0 Å². The summed E-state index contributed by atoms with van der Waals surface area (Å²) < 4.78 is 42.2. The summed E-state index contributed by atoms with van der Waals surface area (Å²) in [6, 6.07) is 12.4. The molecular weight excluding hydrogens is 912 g/mol. The highest BCUT2D eigenvalue weighted by Gasteiger charge is 2.28. The fourth-order valence-corrected chi connectivity index (χ4v) is 7.20.